The summed E-state index contributed by atoms with van der Waals surface area (Å²) in [5.74, 6) is -0.887. The van der Waals surface area contributed by atoms with Gasteiger partial charge in [0.25, 0.3) is 5.91 Å². The largest absolute Gasteiger partial charge is 0.573 e. The highest BCUT2D eigenvalue weighted by molar-refractivity contribution is 6.08. The van der Waals surface area contributed by atoms with Gasteiger partial charge in [-0.25, -0.2) is 0 Å². The number of primary amides is 1. The van der Waals surface area contributed by atoms with Crippen molar-refractivity contribution in [3.8, 4) is 5.75 Å². The lowest BCUT2D eigenvalue weighted by Gasteiger charge is -2.23. The minimum Gasteiger partial charge on any atom is -0.406 e. The number of halogens is 3. The second-order valence-electron chi connectivity index (χ2n) is 7.06. The zero-order valence-electron chi connectivity index (χ0n) is 15.7. The third-order valence-corrected chi connectivity index (χ3v) is 5.11. The van der Waals surface area contributed by atoms with E-state index in [1.807, 2.05) is 6.07 Å². The van der Waals surface area contributed by atoms with E-state index in [0.717, 1.165) is 16.6 Å². The van der Waals surface area contributed by atoms with Gasteiger partial charge in [-0.05, 0) is 42.0 Å². The summed E-state index contributed by atoms with van der Waals surface area (Å²) in [5, 5.41) is 7.46. The Bertz CT molecular complexity index is 1090. The van der Waals surface area contributed by atoms with Crippen LogP contribution in [-0.4, -0.2) is 36.4 Å². The van der Waals surface area contributed by atoms with Gasteiger partial charge in [0.2, 0.25) is 0 Å². The van der Waals surface area contributed by atoms with Gasteiger partial charge in [0.15, 0.2) is 0 Å². The van der Waals surface area contributed by atoms with Crippen molar-refractivity contribution in [1.29, 1.82) is 0 Å². The first kappa shape index (κ1) is 20.0. The predicted octanol–water partition coefficient (Wildman–Crippen LogP) is 3.40. The molecule has 1 aromatic heterocycles. The number of carbonyl (C=O) groups excluding carboxylic acids is 1. The van der Waals surface area contributed by atoms with Gasteiger partial charge in [-0.3, -0.25) is 9.78 Å². The van der Waals surface area contributed by atoms with Gasteiger partial charge in [0.1, 0.15) is 5.75 Å². The topological polar surface area (TPSA) is 89.3 Å². The number of alkyl halides is 3. The van der Waals surface area contributed by atoms with Crippen LogP contribution in [0, 0.1) is 0 Å². The van der Waals surface area contributed by atoms with Crippen molar-refractivity contribution in [2.45, 2.75) is 18.3 Å². The molecular weight excluding hydrogens is 397 g/mol. The summed E-state index contributed by atoms with van der Waals surface area (Å²) in [4.78, 5) is 16.0. The first-order chi connectivity index (χ1) is 14.3. The minimum absolute atomic E-state index is 0.0793. The molecule has 4 N–H and O–H groups in total. The van der Waals surface area contributed by atoms with E-state index >= 15 is 0 Å². The predicted molar refractivity (Wildman–Crippen MR) is 106 cm³/mol. The van der Waals surface area contributed by atoms with Crippen LogP contribution in [-0.2, 0) is 0 Å². The number of hydrogen-bond donors (Lipinski definition) is 3. The molecule has 2 aromatic carbocycles. The first-order valence-electron chi connectivity index (χ1n) is 9.32. The number of ether oxygens (including phenoxy) is 1. The number of aromatic nitrogens is 1. The van der Waals surface area contributed by atoms with Crippen molar-refractivity contribution in [3.05, 3.63) is 65.9 Å². The highest BCUT2D eigenvalue weighted by Gasteiger charge is 2.33. The molecule has 0 spiro atoms. The lowest BCUT2D eigenvalue weighted by molar-refractivity contribution is -0.274. The number of amides is 1. The van der Waals surface area contributed by atoms with Gasteiger partial charge in [-0.1, -0.05) is 12.1 Å². The van der Waals surface area contributed by atoms with E-state index in [-0.39, 0.29) is 17.7 Å². The Balaban J connectivity index is 1.62. The molecule has 1 fully saturated rings. The quantitative estimate of drug-likeness (QED) is 0.593. The standard InChI is InChI=1S/C21H19F3N4O2/c22-21(23,24)30-13-4-1-3-12(9-13)16-10-26-11-18(16)28-17-7-6-15(20(25)29)19-14(17)5-2-8-27-19/h1-9,16,18,26,28H,10-11H2,(H2,25,29)/t16-,18-/m1/s1. The van der Waals surface area contributed by atoms with Crippen molar-refractivity contribution < 1.29 is 22.7 Å². The number of nitrogens with zero attached hydrogens (tertiary/aromatic N) is 1. The fourth-order valence-corrected chi connectivity index (χ4v) is 3.82. The Kier molecular flexibility index (Phi) is 5.21. The van der Waals surface area contributed by atoms with E-state index in [1.54, 1.807) is 36.5 Å². The molecule has 1 aliphatic heterocycles. The van der Waals surface area contributed by atoms with E-state index < -0.39 is 12.3 Å². The SMILES string of the molecule is NC(=O)c1ccc(N[C@@H]2CNC[C@@H]2c2cccc(OC(F)(F)F)c2)c2cccnc12. The second kappa shape index (κ2) is 7.83. The molecule has 0 unspecified atom stereocenters. The summed E-state index contributed by atoms with van der Waals surface area (Å²) in [5.41, 5.74) is 7.77. The van der Waals surface area contributed by atoms with E-state index in [0.29, 0.717) is 24.2 Å². The first-order valence-corrected chi connectivity index (χ1v) is 9.32. The number of fused-ring (bicyclic) bond motifs is 1. The monoisotopic (exact) mass is 416 g/mol. The number of nitrogens with two attached hydrogens (primary N) is 1. The summed E-state index contributed by atoms with van der Waals surface area (Å²) < 4.78 is 41.8. The maximum absolute atomic E-state index is 12.6. The van der Waals surface area contributed by atoms with Gasteiger partial charge in [0, 0.05) is 42.3 Å². The molecule has 0 aliphatic carbocycles. The molecule has 0 bridgehead atoms. The van der Waals surface area contributed by atoms with Crippen LogP contribution in [0.2, 0.25) is 0 Å². The van der Waals surface area contributed by atoms with Gasteiger partial charge in [-0.2, -0.15) is 0 Å². The fraction of sp³-hybridized carbons (Fsp3) is 0.238. The van der Waals surface area contributed by atoms with E-state index in [1.165, 1.54) is 12.1 Å². The smallest absolute Gasteiger partial charge is 0.406 e. The van der Waals surface area contributed by atoms with Gasteiger partial charge < -0.3 is 21.1 Å². The molecule has 1 aliphatic rings. The van der Waals surface area contributed by atoms with Crippen LogP contribution in [0.5, 0.6) is 5.75 Å². The van der Waals surface area contributed by atoms with Crippen LogP contribution >= 0.6 is 0 Å². The molecule has 0 radical (unpaired) electrons. The Labute approximate surface area is 170 Å². The molecule has 2 heterocycles. The Morgan fingerprint density at radius 2 is 2.00 bits per heavy atom. The van der Waals surface area contributed by atoms with Gasteiger partial charge >= 0.3 is 6.36 Å². The number of carbonyl (C=O) groups is 1. The van der Waals surface area contributed by atoms with Crippen LogP contribution in [0.4, 0.5) is 18.9 Å². The maximum atomic E-state index is 12.6. The molecule has 30 heavy (non-hydrogen) atoms. The summed E-state index contributed by atoms with van der Waals surface area (Å²) in [6.07, 6.45) is -3.15. The fourth-order valence-electron chi connectivity index (χ4n) is 3.82. The van der Waals surface area contributed by atoms with Crippen molar-refractivity contribution in [1.82, 2.24) is 10.3 Å². The number of rotatable bonds is 5. The van der Waals surface area contributed by atoms with Crippen molar-refractivity contribution in [2.24, 2.45) is 5.73 Å². The number of hydrogen-bond acceptors (Lipinski definition) is 5. The molecule has 2 atom stereocenters. The molecule has 3 aromatic rings. The summed E-state index contributed by atoms with van der Waals surface area (Å²) in [6.45, 7) is 1.22. The minimum atomic E-state index is -4.74. The molecule has 1 saturated heterocycles. The van der Waals surface area contributed by atoms with E-state index in [9.17, 15) is 18.0 Å². The van der Waals surface area contributed by atoms with Gasteiger partial charge in [-0.15, -0.1) is 13.2 Å². The summed E-state index contributed by atoms with van der Waals surface area (Å²) >= 11 is 0. The van der Waals surface area contributed by atoms with Crippen molar-refractivity contribution in [3.63, 3.8) is 0 Å². The second-order valence-corrected chi connectivity index (χ2v) is 7.06. The zero-order valence-corrected chi connectivity index (χ0v) is 15.7. The third-order valence-electron chi connectivity index (χ3n) is 5.11. The number of benzene rings is 2. The molecule has 6 nitrogen and oxygen atoms in total. The number of pyridine rings is 1. The zero-order chi connectivity index (χ0) is 21.3. The highest BCUT2D eigenvalue weighted by atomic mass is 19.4. The van der Waals surface area contributed by atoms with Crippen molar-refractivity contribution in [2.75, 3.05) is 18.4 Å². The summed E-state index contributed by atoms with van der Waals surface area (Å²) in [6, 6.07) is 12.9. The molecular formula is C21H19F3N4O2. The average Bonchev–Trinajstić information content (AvgIpc) is 3.15. The molecule has 4 rings (SSSR count). The molecule has 0 saturated carbocycles. The number of anilines is 1. The lowest BCUT2D eigenvalue weighted by Crippen LogP contribution is -2.27. The third kappa shape index (κ3) is 4.16. The maximum Gasteiger partial charge on any atom is 0.573 e. The van der Waals surface area contributed by atoms with Crippen LogP contribution < -0.4 is 21.1 Å². The summed E-state index contributed by atoms with van der Waals surface area (Å²) in [7, 11) is 0. The lowest BCUT2D eigenvalue weighted by atomic mass is 9.93. The highest BCUT2D eigenvalue weighted by Crippen LogP contribution is 2.32. The van der Waals surface area contributed by atoms with E-state index in [4.69, 9.17) is 5.73 Å². The van der Waals surface area contributed by atoms with Gasteiger partial charge in [0.05, 0.1) is 11.1 Å². The Morgan fingerprint density at radius 3 is 2.77 bits per heavy atom. The molecule has 156 valence electrons. The van der Waals surface area contributed by atoms with E-state index in [2.05, 4.69) is 20.4 Å². The van der Waals surface area contributed by atoms with Crippen molar-refractivity contribution >= 4 is 22.5 Å². The Hall–Kier alpha value is -3.33. The van der Waals surface area contributed by atoms with Crippen LogP contribution in [0.1, 0.15) is 21.8 Å². The van der Waals surface area contributed by atoms with Crippen LogP contribution in [0.25, 0.3) is 10.9 Å². The molecule has 9 heteroatoms. The normalized spacial score (nSPS) is 19.0. The number of nitrogens with one attached hydrogen (secondary N) is 2. The Morgan fingerprint density at radius 1 is 1.17 bits per heavy atom. The molecule has 1 amide bonds. The average molecular weight is 416 g/mol. The van der Waals surface area contributed by atoms with Crippen LogP contribution in [0.15, 0.2) is 54.7 Å². The van der Waals surface area contributed by atoms with Crippen LogP contribution in [0.3, 0.4) is 0 Å².